The van der Waals surface area contributed by atoms with Gasteiger partial charge < -0.3 is 10.1 Å². The third kappa shape index (κ3) is 4.61. The number of ether oxygens (including phenoxy) is 1. The number of aryl methyl sites for hydroxylation is 1. The van der Waals surface area contributed by atoms with Crippen molar-refractivity contribution in [3.05, 3.63) is 73.8 Å². The second-order valence-corrected chi connectivity index (χ2v) is 7.75. The Kier molecular flexibility index (Phi) is 6.31. The zero-order chi connectivity index (χ0) is 24.2. The molecule has 0 saturated heterocycles. The molecule has 1 aliphatic heterocycles. The Morgan fingerprint density at radius 2 is 2.03 bits per heavy atom. The lowest BCUT2D eigenvalue weighted by molar-refractivity contribution is -0.384. The lowest BCUT2D eigenvalue weighted by atomic mass is 10.1. The standard InChI is InChI=1S/C23H19N5O6/c24-12-15-10-16(28(32)33)6-8-18(15)26-21(29)13-34-23(31)14-5-7-17-19(11-14)25-20-4-2-1-3-9-27(20)22(17)30/h5-8,10-11H,1-4,9,13H2,(H,26,29). The van der Waals surface area contributed by atoms with E-state index in [1.54, 1.807) is 10.6 Å². The fraction of sp³-hybridized carbons (Fsp3) is 0.261. The van der Waals surface area contributed by atoms with Crippen LogP contribution in [-0.4, -0.2) is 33.0 Å². The number of benzene rings is 2. The smallest absolute Gasteiger partial charge is 0.338 e. The number of carbonyl (C=O) groups excluding carboxylic acids is 2. The molecular formula is C23H19N5O6. The summed E-state index contributed by atoms with van der Waals surface area (Å²) in [5, 5.41) is 22.8. The molecule has 0 saturated carbocycles. The summed E-state index contributed by atoms with van der Waals surface area (Å²) in [7, 11) is 0. The van der Waals surface area contributed by atoms with Gasteiger partial charge in [0, 0.05) is 25.1 Å². The topological polar surface area (TPSA) is 157 Å². The van der Waals surface area contributed by atoms with Crippen LogP contribution in [0.3, 0.4) is 0 Å². The predicted octanol–water partition coefficient (Wildman–Crippen LogP) is 2.70. The molecule has 34 heavy (non-hydrogen) atoms. The third-order valence-electron chi connectivity index (χ3n) is 5.50. The number of aromatic nitrogens is 2. The van der Waals surface area contributed by atoms with E-state index in [-0.39, 0.29) is 28.1 Å². The van der Waals surface area contributed by atoms with Gasteiger partial charge >= 0.3 is 5.97 Å². The highest BCUT2D eigenvalue weighted by molar-refractivity contribution is 5.98. The number of nitriles is 1. The lowest BCUT2D eigenvalue weighted by Crippen LogP contribution is -2.25. The van der Waals surface area contributed by atoms with Gasteiger partial charge in [0.1, 0.15) is 11.9 Å². The number of nitro benzene ring substituents is 1. The number of hydrogen-bond acceptors (Lipinski definition) is 8. The first-order valence-corrected chi connectivity index (χ1v) is 10.6. The Morgan fingerprint density at radius 3 is 2.79 bits per heavy atom. The maximum absolute atomic E-state index is 12.8. The van der Waals surface area contributed by atoms with E-state index >= 15 is 0 Å². The van der Waals surface area contributed by atoms with E-state index in [0.29, 0.717) is 29.7 Å². The quantitative estimate of drug-likeness (QED) is 0.345. The fourth-order valence-corrected chi connectivity index (χ4v) is 3.79. The van der Waals surface area contributed by atoms with Crippen molar-refractivity contribution in [2.75, 3.05) is 11.9 Å². The summed E-state index contributed by atoms with van der Waals surface area (Å²) in [6.07, 6.45) is 3.57. The zero-order valence-electron chi connectivity index (χ0n) is 17.9. The molecule has 2 heterocycles. The van der Waals surface area contributed by atoms with E-state index in [0.717, 1.165) is 31.4 Å². The van der Waals surface area contributed by atoms with Crippen molar-refractivity contribution in [3.63, 3.8) is 0 Å². The zero-order valence-corrected chi connectivity index (χ0v) is 17.9. The Bertz CT molecular complexity index is 1420. The van der Waals surface area contributed by atoms with Crippen LogP contribution in [0.1, 0.15) is 41.0 Å². The first-order chi connectivity index (χ1) is 16.4. The number of fused-ring (bicyclic) bond motifs is 2. The van der Waals surface area contributed by atoms with E-state index in [4.69, 9.17) is 10.00 Å². The molecule has 11 nitrogen and oxygen atoms in total. The first-order valence-electron chi connectivity index (χ1n) is 10.6. The van der Waals surface area contributed by atoms with Gasteiger partial charge in [0.2, 0.25) is 0 Å². The molecule has 1 aromatic heterocycles. The number of amides is 1. The predicted molar refractivity (Wildman–Crippen MR) is 120 cm³/mol. The Balaban J connectivity index is 1.46. The van der Waals surface area contributed by atoms with Gasteiger partial charge in [-0.05, 0) is 37.1 Å². The average molecular weight is 461 g/mol. The number of rotatable bonds is 5. The molecule has 0 radical (unpaired) electrons. The van der Waals surface area contributed by atoms with Gasteiger partial charge in [-0.25, -0.2) is 9.78 Å². The number of carbonyl (C=O) groups is 2. The molecule has 172 valence electrons. The van der Waals surface area contributed by atoms with Gasteiger partial charge in [-0.3, -0.25) is 24.3 Å². The summed E-state index contributed by atoms with van der Waals surface area (Å²) in [6, 6.07) is 9.62. The van der Waals surface area contributed by atoms with Crippen LogP contribution in [-0.2, 0) is 22.5 Å². The molecule has 1 aliphatic rings. The summed E-state index contributed by atoms with van der Waals surface area (Å²) in [6.45, 7) is -0.0166. The second kappa shape index (κ2) is 9.50. The van der Waals surface area contributed by atoms with Gasteiger partial charge in [0.05, 0.1) is 32.6 Å². The molecule has 0 bridgehead atoms. The minimum Gasteiger partial charge on any atom is -0.452 e. The van der Waals surface area contributed by atoms with E-state index in [2.05, 4.69) is 10.3 Å². The molecule has 11 heteroatoms. The van der Waals surface area contributed by atoms with Crippen LogP contribution < -0.4 is 10.9 Å². The number of hydrogen-bond donors (Lipinski definition) is 1. The number of esters is 1. The minimum atomic E-state index is -0.780. The Labute approximate surface area is 192 Å². The summed E-state index contributed by atoms with van der Waals surface area (Å²) < 4.78 is 6.74. The van der Waals surface area contributed by atoms with Crippen molar-refractivity contribution >= 4 is 34.2 Å². The largest absolute Gasteiger partial charge is 0.452 e. The van der Waals surface area contributed by atoms with E-state index < -0.39 is 23.4 Å². The van der Waals surface area contributed by atoms with Crippen LogP contribution in [0.15, 0.2) is 41.2 Å². The monoisotopic (exact) mass is 461 g/mol. The van der Waals surface area contributed by atoms with Crippen molar-refractivity contribution in [2.24, 2.45) is 0 Å². The number of nitrogens with one attached hydrogen (secondary N) is 1. The van der Waals surface area contributed by atoms with Gasteiger partial charge in [-0.15, -0.1) is 0 Å². The van der Waals surface area contributed by atoms with Crippen molar-refractivity contribution < 1.29 is 19.2 Å². The maximum Gasteiger partial charge on any atom is 0.338 e. The molecule has 2 aromatic carbocycles. The molecule has 1 amide bonds. The highest BCUT2D eigenvalue weighted by Gasteiger charge is 2.17. The average Bonchev–Trinajstić information content (AvgIpc) is 3.08. The summed E-state index contributed by atoms with van der Waals surface area (Å²) >= 11 is 0. The molecule has 0 unspecified atom stereocenters. The Morgan fingerprint density at radius 1 is 1.21 bits per heavy atom. The molecule has 0 fully saturated rings. The van der Waals surface area contributed by atoms with E-state index in [1.807, 2.05) is 0 Å². The molecular weight excluding hydrogens is 442 g/mol. The van der Waals surface area contributed by atoms with Gasteiger partial charge in [0.15, 0.2) is 6.61 Å². The van der Waals surface area contributed by atoms with Crippen LogP contribution in [0.5, 0.6) is 0 Å². The summed E-state index contributed by atoms with van der Waals surface area (Å²) in [5.41, 5.74) is 0.0607. The first kappa shape index (κ1) is 22.6. The van der Waals surface area contributed by atoms with Crippen LogP contribution in [0, 0.1) is 21.4 Å². The second-order valence-electron chi connectivity index (χ2n) is 7.75. The SMILES string of the molecule is N#Cc1cc([N+](=O)[O-])ccc1NC(=O)COC(=O)c1ccc2c(=O)n3c(nc2c1)CCCCC3. The van der Waals surface area contributed by atoms with Gasteiger partial charge in [-0.2, -0.15) is 5.26 Å². The highest BCUT2D eigenvalue weighted by Crippen LogP contribution is 2.21. The molecule has 0 spiro atoms. The summed E-state index contributed by atoms with van der Waals surface area (Å²) in [5.74, 6) is -0.810. The van der Waals surface area contributed by atoms with Crippen LogP contribution in [0.2, 0.25) is 0 Å². The normalized spacial score (nSPS) is 12.8. The summed E-state index contributed by atoms with van der Waals surface area (Å²) in [4.78, 5) is 52.2. The fourth-order valence-electron chi connectivity index (χ4n) is 3.79. The van der Waals surface area contributed by atoms with E-state index in [9.17, 15) is 24.5 Å². The maximum atomic E-state index is 12.8. The van der Waals surface area contributed by atoms with Crippen molar-refractivity contribution in [1.29, 1.82) is 5.26 Å². The minimum absolute atomic E-state index is 0.0604. The molecule has 4 rings (SSSR count). The Hall–Kier alpha value is -4.59. The van der Waals surface area contributed by atoms with Crippen molar-refractivity contribution in [3.8, 4) is 6.07 Å². The van der Waals surface area contributed by atoms with Gasteiger partial charge in [0.25, 0.3) is 17.2 Å². The van der Waals surface area contributed by atoms with Gasteiger partial charge in [-0.1, -0.05) is 6.42 Å². The molecule has 1 N–H and O–H groups in total. The van der Waals surface area contributed by atoms with Crippen molar-refractivity contribution in [2.45, 2.75) is 32.2 Å². The number of non-ortho nitro benzene ring substituents is 1. The number of nitro groups is 1. The lowest BCUT2D eigenvalue weighted by Gasteiger charge is -2.11. The van der Waals surface area contributed by atoms with Crippen LogP contribution in [0.25, 0.3) is 10.9 Å². The highest BCUT2D eigenvalue weighted by atomic mass is 16.6. The molecule has 0 atom stereocenters. The number of anilines is 1. The van der Waals surface area contributed by atoms with Crippen LogP contribution in [0.4, 0.5) is 11.4 Å². The third-order valence-corrected chi connectivity index (χ3v) is 5.50. The molecule has 0 aliphatic carbocycles. The molecule has 3 aromatic rings. The van der Waals surface area contributed by atoms with Crippen molar-refractivity contribution in [1.82, 2.24) is 9.55 Å². The number of nitrogens with zero attached hydrogens (tertiary/aromatic N) is 4. The van der Waals surface area contributed by atoms with E-state index in [1.165, 1.54) is 24.3 Å². The van der Waals surface area contributed by atoms with Crippen LogP contribution >= 0.6 is 0 Å².